The lowest BCUT2D eigenvalue weighted by Crippen LogP contribution is -2.47. The predicted octanol–water partition coefficient (Wildman–Crippen LogP) is 9.82. The summed E-state index contributed by atoms with van der Waals surface area (Å²) in [5.74, 6) is 2.76. The van der Waals surface area contributed by atoms with Crippen LogP contribution in [0, 0.1) is 41.5 Å². The van der Waals surface area contributed by atoms with Crippen LogP contribution in [-0.2, 0) is 12.8 Å². The molecule has 64 heavy (non-hydrogen) atoms. The standard InChI is InChI=1S/C27H34N4O.C27H32N4O/c2*1-18-19(2)26-24(20(3)25(18)28)15-27(4,32-26)16-30-12-9-22(10-13-30)21-5-7-23(8-6-21)31-14-11-29-17-31/h5-8,11,14,17,22H,9-10,12-13,15-16,28H2,1-4H3;5-9,11,14,17H,10,12-13,15-16,28H2,1-4H3. The lowest BCUT2D eigenvalue weighted by Gasteiger charge is -2.37. The van der Waals surface area contributed by atoms with Gasteiger partial charge >= 0.3 is 0 Å². The number of likely N-dealkylation sites (tertiary alicyclic amines) is 1. The van der Waals surface area contributed by atoms with Crippen LogP contribution in [0.4, 0.5) is 11.4 Å². The van der Waals surface area contributed by atoms with Crippen LogP contribution in [0.5, 0.6) is 11.5 Å². The van der Waals surface area contributed by atoms with E-state index in [4.69, 9.17) is 20.9 Å². The van der Waals surface area contributed by atoms with E-state index in [9.17, 15) is 0 Å². The van der Waals surface area contributed by atoms with Crippen LogP contribution >= 0.6 is 0 Å². The van der Waals surface area contributed by atoms with Crippen LogP contribution < -0.4 is 20.9 Å². The molecule has 10 heteroatoms. The first-order valence-corrected chi connectivity index (χ1v) is 23.1. The van der Waals surface area contributed by atoms with E-state index in [0.29, 0.717) is 5.92 Å². The van der Waals surface area contributed by atoms with Crippen molar-refractivity contribution in [3.63, 3.8) is 0 Å². The van der Waals surface area contributed by atoms with Crippen molar-refractivity contribution in [2.24, 2.45) is 0 Å². The summed E-state index contributed by atoms with van der Waals surface area (Å²) < 4.78 is 17.3. The minimum absolute atomic E-state index is 0.183. The van der Waals surface area contributed by atoms with Gasteiger partial charge in [0.1, 0.15) is 22.7 Å². The monoisotopic (exact) mass is 859 g/mol. The third-order valence-corrected chi connectivity index (χ3v) is 14.9. The average Bonchev–Trinajstić information content (AvgIpc) is 4.15. The quantitative estimate of drug-likeness (QED) is 0.146. The second kappa shape index (κ2) is 17.3. The van der Waals surface area contributed by atoms with Gasteiger partial charge < -0.3 is 30.1 Å². The number of imidazole rings is 2. The minimum atomic E-state index is -0.212. The molecule has 334 valence electrons. The van der Waals surface area contributed by atoms with Crippen molar-refractivity contribution in [3.8, 4) is 22.9 Å². The lowest BCUT2D eigenvalue weighted by atomic mass is 9.88. The fourth-order valence-electron chi connectivity index (χ4n) is 10.7. The Morgan fingerprint density at radius 3 is 1.55 bits per heavy atom. The Morgan fingerprint density at radius 2 is 1.09 bits per heavy atom. The molecule has 0 spiro atoms. The van der Waals surface area contributed by atoms with Crippen LogP contribution in [-0.4, -0.2) is 79.4 Å². The van der Waals surface area contributed by atoms with E-state index < -0.39 is 0 Å². The highest BCUT2D eigenvalue weighted by Gasteiger charge is 2.41. The Morgan fingerprint density at radius 1 is 0.609 bits per heavy atom. The van der Waals surface area contributed by atoms with E-state index in [-0.39, 0.29) is 11.2 Å². The zero-order valence-electron chi connectivity index (χ0n) is 39.2. The van der Waals surface area contributed by atoms with Crippen molar-refractivity contribution in [3.05, 3.63) is 148 Å². The molecule has 6 heterocycles. The molecule has 0 aliphatic carbocycles. The molecule has 10 rings (SSSR count). The number of ether oxygens (including phenoxy) is 2. The molecule has 4 N–H and O–H groups in total. The van der Waals surface area contributed by atoms with Crippen LogP contribution in [0.15, 0.2) is 92.0 Å². The number of nitrogens with two attached hydrogens (primary N) is 2. The maximum absolute atomic E-state index is 6.60. The summed E-state index contributed by atoms with van der Waals surface area (Å²) in [5.41, 5.74) is 30.3. The van der Waals surface area contributed by atoms with Gasteiger partial charge in [0.05, 0.1) is 12.7 Å². The summed E-state index contributed by atoms with van der Waals surface area (Å²) in [6.07, 6.45) is 18.9. The van der Waals surface area contributed by atoms with Crippen molar-refractivity contribution in [1.29, 1.82) is 0 Å². The molecule has 6 aromatic rings. The van der Waals surface area contributed by atoms with Gasteiger partial charge in [0.15, 0.2) is 0 Å². The lowest BCUT2D eigenvalue weighted by molar-refractivity contribution is 0.0523. The maximum Gasteiger partial charge on any atom is 0.127 e. The van der Waals surface area contributed by atoms with E-state index in [2.05, 4.69) is 130 Å². The third kappa shape index (κ3) is 8.46. The zero-order chi connectivity index (χ0) is 44.9. The minimum Gasteiger partial charge on any atom is -0.485 e. The molecule has 0 amide bonds. The molecule has 0 radical (unpaired) electrons. The summed E-state index contributed by atoms with van der Waals surface area (Å²) in [7, 11) is 0. The highest BCUT2D eigenvalue weighted by Crippen LogP contribution is 2.46. The normalized spacial score (nSPS) is 21.1. The van der Waals surface area contributed by atoms with Gasteiger partial charge in [-0.2, -0.15) is 0 Å². The number of hydrogen-bond donors (Lipinski definition) is 2. The fourth-order valence-corrected chi connectivity index (χ4v) is 10.7. The smallest absolute Gasteiger partial charge is 0.127 e. The molecule has 1 fully saturated rings. The van der Waals surface area contributed by atoms with E-state index in [0.717, 1.165) is 104 Å². The van der Waals surface area contributed by atoms with Gasteiger partial charge in [-0.05, 0) is 168 Å². The highest BCUT2D eigenvalue weighted by atomic mass is 16.5. The van der Waals surface area contributed by atoms with Gasteiger partial charge in [0, 0.05) is 97.7 Å². The van der Waals surface area contributed by atoms with Crippen molar-refractivity contribution >= 4 is 16.9 Å². The Balaban J connectivity index is 0.000000162. The number of aromatic nitrogens is 4. The van der Waals surface area contributed by atoms with Gasteiger partial charge in [-0.15, -0.1) is 0 Å². The van der Waals surface area contributed by atoms with Crippen LogP contribution in [0.3, 0.4) is 0 Å². The summed E-state index contributed by atoms with van der Waals surface area (Å²) in [6, 6.07) is 17.7. The van der Waals surface area contributed by atoms with Crippen molar-refractivity contribution in [2.45, 2.75) is 105 Å². The van der Waals surface area contributed by atoms with Crippen LogP contribution in [0.1, 0.15) is 94.7 Å². The fraction of sp³-hybridized carbons (Fsp3) is 0.407. The topological polar surface area (TPSA) is 113 Å². The summed E-state index contributed by atoms with van der Waals surface area (Å²) >= 11 is 0. The largest absolute Gasteiger partial charge is 0.485 e. The Bertz CT molecular complexity index is 2580. The molecule has 10 nitrogen and oxygen atoms in total. The average molecular weight is 859 g/mol. The van der Waals surface area contributed by atoms with Crippen molar-refractivity contribution in [1.82, 2.24) is 28.9 Å². The second-order valence-electron chi connectivity index (χ2n) is 19.5. The Kier molecular flexibility index (Phi) is 11.7. The number of hydrogen-bond acceptors (Lipinski definition) is 8. The van der Waals surface area contributed by atoms with Crippen LogP contribution in [0.25, 0.3) is 16.9 Å². The molecule has 4 aromatic carbocycles. The molecular weight excluding hydrogens is 793 g/mol. The van der Waals surface area contributed by atoms with E-state index in [1.54, 1.807) is 6.20 Å². The highest BCUT2D eigenvalue weighted by molar-refractivity contribution is 5.69. The number of benzene rings is 4. The molecule has 1 saturated heterocycles. The van der Waals surface area contributed by atoms with Crippen molar-refractivity contribution in [2.75, 3.05) is 50.7 Å². The van der Waals surface area contributed by atoms with E-state index in [1.165, 1.54) is 62.9 Å². The molecule has 2 aromatic heterocycles. The third-order valence-electron chi connectivity index (χ3n) is 14.9. The number of fused-ring (bicyclic) bond motifs is 2. The number of rotatable bonds is 8. The zero-order valence-corrected chi connectivity index (χ0v) is 39.2. The number of nitrogen functional groups attached to an aromatic ring is 2. The maximum atomic E-state index is 6.60. The number of piperidine rings is 1. The Hall–Kier alpha value is -5.84. The SMILES string of the molecule is Cc1c(C)c2c(c(C)c1N)CC(C)(CN1CC=C(c3ccc(-n4ccnc4)cc3)CC1)O2.Cc1c(C)c2c(c(C)c1N)CC(C)(CN1CCC(c3ccc(-n4ccnc4)cc3)CC1)O2. The van der Waals surface area contributed by atoms with Gasteiger partial charge in [-0.25, -0.2) is 9.97 Å². The summed E-state index contributed by atoms with van der Waals surface area (Å²) in [4.78, 5) is 13.4. The van der Waals surface area contributed by atoms with Gasteiger partial charge in [0.2, 0.25) is 0 Å². The molecule has 0 bridgehead atoms. The predicted molar refractivity (Wildman–Crippen MR) is 260 cm³/mol. The first-order chi connectivity index (χ1) is 30.7. The van der Waals surface area contributed by atoms with Gasteiger partial charge in [-0.3, -0.25) is 9.80 Å². The molecular formula is C54H66N8O2. The van der Waals surface area contributed by atoms with E-state index >= 15 is 0 Å². The molecule has 4 aliphatic rings. The molecule has 2 unspecified atom stereocenters. The van der Waals surface area contributed by atoms with Crippen LogP contribution in [0.2, 0.25) is 0 Å². The summed E-state index contributed by atoms with van der Waals surface area (Å²) in [5, 5.41) is 0. The van der Waals surface area contributed by atoms with Gasteiger partial charge in [-0.1, -0.05) is 30.3 Å². The first kappa shape index (κ1) is 43.4. The van der Waals surface area contributed by atoms with Gasteiger partial charge in [0.25, 0.3) is 0 Å². The Labute approximate surface area is 379 Å². The summed E-state index contributed by atoms with van der Waals surface area (Å²) in [6.45, 7) is 23.3. The molecule has 4 aliphatic heterocycles. The molecule has 2 atom stereocenters. The van der Waals surface area contributed by atoms with E-state index in [1.807, 2.05) is 40.4 Å². The number of nitrogens with zero attached hydrogens (tertiary/aromatic N) is 6. The number of anilines is 2. The first-order valence-electron chi connectivity index (χ1n) is 23.1. The molecule has 0 saturated carbocycles. The second-order valence-corrected chi connectivity index (χ2v) is 19.5. The van der Waals surface area contributed by atoms with Crippen molar-refractivity contribution < 1.29 is 9.47 Å².